The average Bonchev–Trinajstić information content (AvgIpc) is 2.62. The predicted molar refractivity (Wildman–Crippen MR) is 82.8 cm³/mol. The zero-order chi connectivity index (χ0) is 13.3. The number of hydrogen-bond acceptors (Lipinski definition) is 1. The Morgan fingerprint density at radius 2 is 2.17 bits per heavy atom. The molecule has 98 valence electrons. The summed E-state index contributed by atoms with van der Waals surface area (Å²) in [5.74, 6) is 0.0748. The van der Waals surface area contributed by atoms with Crippen LogP contribution < -0.4 is 5.32 Å². The Morgan fingerprint density at radius 3 is 2.78 bits per heavy atom. The van der Waals surface area contributed by atoms with Gasteiger partial charge < -0.3 is 5.32 Å². The predicted octanol–water partition coefficient (Wildman–Crippen LogP) is 3.91. The molecule has 2 nitrogen and oxygen atoms in total. The molecule has 0 spiro atoms. The second kappa shape index (κ2) is 5.19. The second-order valence-corrected chi connectivity index (χ2v) is 7.09. The van der Waals surface area contributed by atoms with Gasteiger partial charge in [-0.1, -0.05) is 26.0 Å². The van der Waals surface area contributed by atoms with E-state index in [0.29, 0.717) is 11.5 Å². The Hall–Kier alpha value is -0.580. The van der Waals surface area contributed by atoms with Gasteiger partial charge in [-0.15, -0.1) is 0 Å². The summed E-state index contributed by atoms with van der Waals surface area (Å²) in [6, 6.07) is 6.23. The van der Waals surface area contributed by atoms with Crippen LogP contribution in [0.2, 0.25) is 0 Å². The molecule has 1 fully saturated rings. The molecule has 1 aliphatic carbocycles. The number of carbonyl (C=O) groups is 1. The summed E-state index contributed by atoms with van der Waals surface area (Å²) < 4.78 is 1.06. The van der Waals surface area contributed by atoms with Crippen molar-refractivity contribution >= 4 is 28.5 Å². The molecule has 1 aliphatic rings. The fourth-order valence-corrected chi connectivity index (χ4v) is 3.25. The van der Waals surface area contributed by atoms with Crippen LogP contribution >= 0.6 is 22.6 Å². The fourth-order valence-electron chi connectivity index (χ4n) is 2.65. The van der Waals surface area contributed by atoms with E-state index in [4.69, 9.17) is 0 Å². The lowest BCUT2D eigenvalue weighted by molar-refractivity contribution is 0.0935. The van der Waals surface area contributed by atoms with Gasteiger partial charge in [0.05, 0.1) is 5.56 Å². The van der Waals surface area contributed by atoms with E-state index in [1.807, 2.05) is 25.1 Å². The highest BCUT2D eigenvalue weighted by Crippen LogP contribution is 2.37. The van der Waals surface area contributed by atoms with Crippen molar-refractivity contribution in [2.24, 2.45) is 5.41 Å². The van der Waals surface area contributed by atoms with Gasteiger partial charge in [-0.25, -0.2) is 0 Å². The first-order valence-corrected chi connectivity index (χ1v) is 7.53. The number of amides is 1. The van der Waals surface area contributed by atoms with Gasteiger partial charge in [0.1, 0.15) is 0 Å². The van der Waals surface area contributed by atoms with E-state index >= 15 is 0 Å². The van der Waals surface area contributed by atoms with E-state index in [2.05, 4.69) is 41.8 Å². The Bertz CT molecular complexity index is 468. The van der Waals surface area contributed by atoms with Crippen LogP contribution in [0.25, 0.3) is 0 Å². The van der Waals surface area contributed by atoms with Crippen molar-refractivity contribution in [2.75, 3.05) is 0 Å². The number of carbonyl (C=O) groups excluding carboxylic acids is 1. The molecule has 0 saturated heterocycles. The average molecular weight is 357 g/mol. The summed E-state index contributed by atoms with van der Waals surface area (Å²) in [5, 5.41) is 3.18. The maximum Gasteiger partial charge on any atom is 0.252 e. The molecule has 1 amide bonds. The van der Waals surface area contributed by atoms with E-state index in [9.17, 15) is 4.79 Å². The zero-order valence-corrected chi connectivity index (χ0v) is 13.4. The van der Waals surface area contributed by atoms with Gasteiger partial charge in [0.15, 0.2) is 0 Å². The smallest absolute Gasteiger partial charge is 0.252 e. The summed E-state index contributed by atoms with van der Waals surface area (Å²) in [6.07, 6.45) is 3.38. The van der Waals surface area contributed by atoms with Crippen molar-refractivity contribution < 1.29 is 4.79 Å². The molecule has 3 heteroatoms. The van der Waals surface area contributed by atoms with Gasteiger partial charge in [0.2, 0.25) is 0 Å². The highest BCUT2D eigenvalue weighted by atomic mass is 127. The van der Waals surface area contributed by atoms with Crippen molar-refractivity contribution in [3.8, 4) is 0 Å². The maximum atomic E-state index is 12.3. The third kappa shape index (κ3) is 3.05. The normalized spacial score (nSPS) is 21.9. The molecule has 0 bridgehead atoms. The molecule has 0 heterocycles. The van der Waals surface area contributed by atoms with Gasteiger partial charge in [0, 0.05) is 9.61 Å². The van der Waals surface area contributed by atoms with Gasteiger partial charge in [-0.3, -0.25) is 4.79 Å². The number of hydrogen-bond donors (Lipinski definition) is 1. The lowest BCUT2D eigenvalue weighted by Crippen LogP contribution is -2.34. The molecule has 1 atom stereocenters. The third-order valence-electron chi connectivity index (χ3n) is 3.74. The van der Waals surface area contributed by atoms with Crippen LogP contribution in [0.15, 0.2) is 18.2 Å². The molecule has 1 aromatic rings. The first-order valence-electron chi connectivity index (χ1n) is 6.45. The minimum atomic E-state index is 0.0748. The SMILES string of the molecule is Cc1cccc(C(=O)NC2CCC(C)(C)C2)c1I. The minimum Gasteiger partial charge on any atom is -0.349 e. The quantitative estimate of drug-likeness (QED) is 0.799. The van der Waals surface area contributed by atoms with E-state index < -0.39 is 0 Å². The van der Waals surface area contributed by atoms with Gasteiger partial charge in [-0.2, -0.15) is 0 Å². The molecule has 2 rings (SSSR count). The summed E-state index contributed by atoms with van der Waals surface area (Å²) >= 11 is 2.25. The van der Waals surface area contributed by atoms with Gasteiger partial charge in [0.25, 0.3) is 5.91 Å². The van der Waals surface area contributed by atoms with Crippen molar-refractivity contribution in [3.05, 3.63) is 32.9 Å². The van der Waals surface area contributed by atoms with Crippen molar-refractivity contribution in [1.82, 2.24) is 5.32 Å². The van der Waals surface area contributed by atoms with Crippen molar-refractivity contribution in [2.45, 2.75) is 46.1 Å². The third-order valence-corrected chi connectivity index (χ3v) is 5.17. The van der Waals surface area contributed by atoms with Crippen LogP contribution in [0.4, 0.5) is 0 Å². The highest BCUT2D eigenvalue weighted by molar-refractivity contribution is 14.1. The van der Waals surface area contributed by atoms with Crippen LogP contribution in [-0.4, -0.2) is 11.9 Å². The first-order chi connectivity index (χ1) is 8.39. The largest absolute Gasteiger partial charge is 0.349 e. The molecule has 1 N–H and O–H groups in total. The summed E-state index contributed by atoms with van der Waals surface area (Å²) in [5.41, 5.74) is 2.34. The Balaban J connectivity index is 2.07. The topological polar surface area (TPSA) is 29.1 Å². The lowest BCUT2D eigenvalue weighted by Gasteiger charge is -2.18. The highest BCUT2D eigenvalue weighted by Gasteiger charge is 2.31. The van der Waals surface area contributed by atoms with Crippen LogP contribution in [0, 0.1) is 15.9 Å². The fraction of sp³-hybridized carbons (Fsp3) is 0.533. The van der Waals surface area contributed by atoms with Gasteiger partial charge in [-0.05, 0) is 65.8 Å². The molecule has 1 unspecified atom stereocenters. The van der Waals surface area contributed by atoms with Crippen molar-refractivity contribution in [1.29, 1.82) is 0 Å². The molecule has 18 heavy (non-hydrogen) atoms. The van der Waals surface area contributed by atoms with E-state index in [0.717, 1.165) is 27.5 Å². The molecule has 1 aromatic carbocycles. The van der Waals surface area contributed by atoms with E-state index in [1.54, 1.807) is 0 Å². The monoisotopic (exact) mass is 357 g/mol. The standard InChI is InChI=1S/C15H20INO/c1-10-5-4-6-12(13(10)16)14(18)17-11-7-8-15(2,3)9-11/h4-6,11H,7-9H2,1-3H3,(H,17,18). The minimum absolute atomic E-state index is 0.0748. The molecular formula is C15H20INO. The van der Waals surface area contributed by atoms with Crippen LogP contribution in [0.1, 0.15) is 49.0 Å². The van der Waals surface area contributed by atoms with Crippen LogP contribution in [-0.2, 0) is 0 Å². The maximum absolute atomic E-state index is 12.3. The number of benzene rings is 1. The van der Waals surface area contributed by atoms with Gasteiger partial charge >= 0.3 is 0 Å². The van der Waals surface area contributed by atoms with Crippen LogP contribution in [0.3, 0.4) is 0 Å². The number of halogens is 1. The summed E-state index contributed by atoms with van der Waals surface area (Å²) in [4.78, 5) is 12.3. The molecule has 0 aromatic heterocycles. The summed E-state index contributed by atoms with van der Waals surface area (Å²) in [7, 11) is 0. The number of nitrogens with one attached hydrogen (secondary N) is 1. The zero-order valence-electron chi connectivity index (χ0n) is 11.2. The summed E-state index contributed by atoms with van der Waals surface area (Å²) in [6.45, 7) is 6.59. The molecule has 1 saturated carbocycles. The van der Waals surface area contributed by atoms with E-state index in [-0.39, 0.29) is 5.91 Å². The Kier molecular flexibility index (Phi) is 3.99. The molecular weight excluding hydrogens is 337 g/mol. The lowest BCUT2D eigenvalue weighted by atomic mass is 9.92. The second-order valence-electron chi connectivity index (χ2n) is 6.01. The number of aryl methyl sites for hydroxylation is 1. The Labute approximate surface area is 123 Å². The van der Waals surface area contributed by atoms with E-state index in [1.165, 1.54) is 6.42 Å². The Morgan fingerprint density at radius 1 is 1.44 bits per heavy atom. The number of rotatable bonds is 2. The van der Waals surface area contributed by atoms with Crippen LogP contribution in [0.5, 0.6) is 0 Å². The molecule has 0 radical (unpaired) electrons. The first kappa shape index (κ1) is 13.8. The van der Waals surface area contributed by atoms with Crippen molar-refractivity contribution in [3.63, 3.8) is 0 Å². The molecule has 0 aliphatic heterocycles.